The maximum atomic E-state index is 11.8. The van der Waals surface area contributed by atoms with Crippen molar-refractivity contribution in [2.45, 2.75) is 24.5 Å². The number of esters is 1. The summed E-state index contributed by atoms with van der Waals surface area (Å²) in [5, 5.41) is 0. The molecular formula is C13H17BrO4S. The molecule has 0 N–H and O–H groups in total. The zero-order valence-electron chi connectivity index (χ0n) is 11.1. The van der Waals surface area contributed by atoms with Gasteiger partial charge in [-0.1, -0.05) is 28.1 Å². The molecule has 0 radical (unpaired) electrons. The maximum Gasteiger partial charge on any atom is 0.326 e. The molecule has 0 bridgehead atoms. The van der Waals surface area contributed by atoms with Crippen LogP contribution in [0.4, 0.5) is 0 Å². The molecule has 0 aromatic heterocycles. The van der Waals surface area contributed by atoms with Gasteiger partial charge in [-0.15, -0.1) is 0 Å². The minimum absolute atomic E-state index is 0.195. The fraction of sp³-hybridized carbons (Fsp3) is 0.462. The number of ether oxygens (including phenoxy) is 1. The molecule has 19 heavy (non-hydrogen) atoms. The van der Waals surface area contributed by atoms with Gasteiger partial charge in [-0.05, 0) is 37.5 Å². The van der Waals surface area contributed by atoms with E-state index < -0.39 is 20.6 Å². The van der Waals surface area contributed by atoms with Crippen molar-refractivity contribution in [2.75, 3.05) is 13.4 Å². The van der Waals surface area contributed by atoms with Crippen LogP contribution in [0.5, 0.6) is 0 Å². The number of halogens is 1. The summed E-state index contributed by atoms with van der Waals surface area (Å²) in [6, 6.07) is 7.55. The fourth-order valence-electron chi connectivity index (χ4n) is 1.69. The lowest BCUT2D eigenvalue weighted by Crippen LogP contribution is -2.44. The van der Waals surface area contributed by atoms with Gasteiger partial charge in [-0.2, -0.15) is 0 Å². The van der Waals surface area contributed by atoms with Crippen LogP contribution in [0.15, 0.2) is 28.7 Å². The van der Waals surface area contributed by atoms with Gasteiger partial charge in [0.05, 0.1) is 7.11 Å². The molecule has 0 spiro atoms. The first-order chi connectivity index (χ1) is 8.70. The van der Waals surface area contributed by atoms with Gasteiger partial charge in [0.1, 0.15) is 0 Å². The third-order valence-corrected chi connectivity index (χ3v) is 5.78. The number of benzene rings is 1. The van der Waals surface area contributed by atoms with E-state index in [1.807, 2.05) is 24.3 Å². The maximum absolute atomic E-state index is 11.8. The smallest absolute Gasteiger partial charge is 0.326 e. The first-order valence-electron chi connectivity index (χ1n) is 5.73. The molecule has 0 heterocycles. The average molecular weight is 349 g/mol. The third-order valence-electron chi connectivity index (χ3n) is 3.24. The van der Waals surface area contributed by atoms with Crippen molar-refractivity contribution in [1.29, 1.82) is 0 Å². The SMILES string of the molecule is COC(=O)[C@@](C)(CCc1ccc(Br)cc1)S(C)(=O)=O. The highest BCUT2D eigenvalue weighted by atomic mass is 79.9. The molecule has 0 aliphatic heterocycles. The molecule has 1 rings (SSSR count). The number of rotatable bonds is 5. The highest BCUT2D eigenvalue weighted by Crippen LogP contribution is 2.25. The zero-order valence-corrected chi connectivity index (χ0v) is 13.5. The third kappa shape index (κ3) is 3.79. The Morgan fingerprint density at radius 2 is 1.84 bits per heavy atom. The van der Waals surface area contributed by atoms with Crippen molar-refractivity contribution in [3.8, 4) is 0 Å². The number of hydrogen-bond acceptors (Lipinski definition) is 4. The predicted molar refractivity (Wildman–Crippen MR) is 77.7 cm³/mol. The highest BCUT2D eigenvalue weighted by Gasteiger charge is 2.44. The Morgan fingerprint density at radius 1 is 1.32 bits per heavy atom. The fourth-order valence-corrected chi connectivity index (χ4v) is 2.81. The second-order valence-corrected chi connectivity index (χ2v) is 7.98. The van der Waals surface area contributed by atoms with E-state index in [1.165, 1.54) is 14.0 Å². The van der Waals surface area contributed by atoms with E-state index in [0.29, 0.717) is 6.42 Å². The van der Waals surface area contributed by atoms with Crippen LogP contribution in [0, 0.1) is 0 Å². The molecular weight excluding hydrogens is 332 g/mol. The van der Waals surface area contributed by atoms with Gasteiger partial charge < -0.3 is 4.74 Å². The molecule has 1 aromatic rings. The Balaban J connectivity index is 2.92. The van der Waals surface area contributed by atoms with E-state index in [-0.39, 0.29) is 6.42 Å². The summed E-state index contributed by atoms with van der Waals surface area (Å²) in [5.74, 6) is -0.716. The van der Waals surface area contributed by atoms with Crippen molar-refractivity contribution in [1.82, 2.24) is 0 Å². The van der Waals surface area contributed by atoms with Crippen LogP contribution >= 0.6 is 15.9 Å². The van der Waals surface area contributed by atoms with E-state index in [0.717, 1.165) is 16.3 Å². The lowest BCUT2D eigenvalue weighted by Gasteiger charge is -2.24. The van der Waals surface area contributed by atoms with Gasteiger partial charge in [0.2, 0.25) is 0 Å². The second-order valence-electron chi connectivity index (χ2n) is 4.62. The molecule has 0 saturated carbocycles. The number of hydrogen-bond donors (Lipinski definition) is 0. The molecule has 4 nitrogen and oxygen atoms in total. The largest absolute Gasteiger partial charge is 0.468 e. The molecule has 0 saturated heterocycles. The number of sulfone groups is 1. The van der Waals surface area contributed by atoms with Crippen LogP contribution in [0.25, 0.3) is 0 Å². The number of carbonyl (C=O) groups excluding carboxylic acids is 1. The Hall–Kier alpha value is -0.880. The molecule has 0 aliphatic carbocycles. The van der Waals surface area contributed by atoms with Crippen LogP contribution in [0.3, 0.4) is 0 Å². The van der Waals surface area contributed by atoms with E-state index in [9.17, 15) is 13.2 Å². The second kappa shape index (κ2) is 6.05. The summed E-state index contributed by atoms with van der Waals surface area (Å²) < 4.78 is 27.7. The molecule has 1 aromatic carbocycles. The predicted octanol–water partition coefficient (Wildman–Crippen LogP) is 2.36. The standard InChI is InChI=1S/C13H17BrO4S/c1-13(12(15)18-2,19(3,16)17)9-8-10-4-6-11(14)7-5-10/h4-7H,8-9H2,1-3H3/t13-/m1/s1. The molecule has 106 valence electrons. The molecule has 0 amide bonds. The summed E-state index contributed by atoms with van der Waals surface area (Å²) >= 11 is 3.33. The molecule has 0 fully saturated rings. The summed E-state index contributed by atoms with van der Waals surface area (Å²) in [6.07, 6.45) is 1.75. The lowest BCUT2D eigenvalue weighted by atomic mass is 10.0. The molecule has 0 aliphatic rings. The van der Waals surface area contributed by atoms with Crippen LogP contribution in [-0.4, -0.2) is 32.5 Å². The average Bonchev–Trinajstić information content (AvgIpc) is 2.35. The molecule has 1 atom stereocenters. The minimum atomic E-state index is -3.54. The van der Waals surface area contributed by atoms with Gasteiger partial charge in [-0.25, -0.2) is 8.42 Å². The number of carbonyl (C=O) groups is 1. The molecule has 6 heteroatoms. The van der Waals surface area contributed by atoms with Crippen LogP contribution in [0.2, 0.25) is 0 Å². The monoisotopic (exact) mass is 348 g/mol. The lowest BCUT2D eigenvalue weighted by molar-refractivity contribution is -0.143. The Labute approximate surface area is 122 Å². The summed E-state index contributed by atoms with van der Waals surface area (Å²) in [7, 11) is -2.34. The van der Waals surface area contributed by atoms with Crippen LogP contribution < -0.4 is 0 Å². The Morgan fingerprint density at radius 3 is 2.26 bits per heavy atom. The van der Waals surface area contributed by atoms with Crippen molar-refractivity contribution < 1.29 is 17.9 Å². The van der Waals surface area contributed by atoms with Crippen molar-refractivity contribution in [2.24, 2.45) is 0 Å². The van der Waals surface area contributed by atoms with E-state index in [4.69, 9.17) is 0 Å². The molecule has 0 unspecified atom stereocenters. The van der Waals surface area contributed by atoms with Gasteiger partial charge in [0.15, 0.2) is 14.6 Å². The highest BCUT2D eigenvalue weighted by molar-refractivity contribution is 9.10. The first-order valence-corrected chi connectivity index (χ1v) is 8.41. The van der Waals surface area contributed by atoms with Crippen molar-refractivity contribution in [3.05, 3.63) is 34.3 Å². The van der Waals surface area contributed by atoms with E-state index in [2.05, 4.69) is 20.7 Å². The van der Waals surface area contributed by atoms with Gasteiger partial charge in [-0.3, -0.25) is 4.79 Å². The van der Waals surface area contributed by atoms with E-state index in [1.54, 1.807) is 0 Å². The van der Waals surface area contributed by atoms with Crippen LogP contribution in [0.1, 0.15) is 18.9 Å². The van der Waals surface area contributed by atoms with Crippen LogP contribution in [-0.2, 0) is 25.8 Å². The van der Waals surface area contributed by atoms with E-state index >= 15 is 0 Å². The first kappa shape index (κ1) is 16.2. The van der Waals surface area contributed by atoms with Crippen molar-refractivity contribution in [3.63, 3.8) is 0 Å². The van der Waals surface area contributed by atoms with Gasteiger partial charge >= 0.3 is 5.97 Å². The topological polar surface area (TPSA) is 60.4 Å². The van der Waals surface area contributed by atoms with Crippen molar-refractivity contribution >= 4 is 31.7 Å². The number of methoxy groups -OCH3 is 1. The van der Waals surface area contributed by atoms with Gasteiger partial charge in [0, 0.05) is 10.7 Å². The normalized spacial score (nSPS) is 14.7. The summed E-state index contributed by atoms with van der Waals surface area (Å²) in [6.45, 7) is 1.41. The zero-order chi connectivity index (χ0) is 14.7. The van der Waals surface area contributed by atoms with Gasteiger partial charge in [0.25, 0.3) is 0 Å². The quantitative estimate of drug-likeness (QED) is 0.766. The summed E-state index contributed by atoms with van der Waals surface area (Å²) in [5.41, 5.74) is 0.974. The Bertz CT molecular complexity index is 551. The Kier molecular flexibility index (Phi) is 5.15. The number of aryl methyl sites for hydroxylation is 1. The summed E-state index contributed by atoms with van der Waals surface area (Å²) in [4.78, 5) is 11.7. The minimum Gasteiger partial charge on any atom is -0.468 e.